The fourth-order valence-corrected chi connectivity index (χ4v) is 2.24. The lowest BCUT2D eigenvalue weighted by molar-refractivity contribution is 0.445. The van der Waals surface area contributed by atoms with E-state index >= 15 is 0 Å². The molecule has 0 atom stereocenters. The van der Waals surface area contributed by atoms with Crippen molar-refractivity contribution in [3.05, 3.63) is 26.7 Å². The van der Waals surface area contributed by atoms with Gasteiger partial charge in [0.15, 0.2) is 0 Å². The lowest BCUT2D eigenvalue weighted by atomic mass is 9.93. The van der Waals surface area contributed by atoms with Crippen molar-refractivity contribution in [2.45, 2.75) is 25.3 Å². The summed E-state index contributed by atoms with van der Waals surface area (Å²) in [6.07, 6.45) is 3.76. The van der Waals surface area contributed by atoms with Crippen molar-refractivity contribution in [3.63, 3.8) is 0 Å². The lowest BCUT2D eigenvalue weighted by Gasteiger charge is -2.28. The molecule has 1 aromatic rings. The average Bonchev–Trinajstić information content (AvgIpc) is 2.10. The second kappa shape index (κ2) is 4.30. The number of hydrogen-bond donors (Lipinski definition) is 1. The average molecular weight is 295 g/mol. The van der Waals surface area contributed by atoms with Gasteiger partial charge in [0.1, 0.15) is 0 Å². The highest BCUT2D eigenvalue weighted by molar-refractivity contribution is 9.10. The van der Waals surface area contributed by atoms with Crippen LogP contribution >= 0.6 is 39.1 Å². The van der Waals surface area contributed by atoms with Crippen molar-refractivity contribution in [3.8, 4) is 0 Å². The standard InChI is InChI=1S/C10H10BrCl2N/c11-7-4-5-8(10(13)9(7)12)14-6-2-1-3-6/h4-6,14H,1-3H2. The Hall–Kier alpha value is 0.0800. The number of rotatable bonds is 2. The van der Waals surface area contributed by atoms with Crippen LogP contribution in [0.1, 0.15) is 19.3 Å². The summed E-state index contributed by atoms with van der Waals surface area (Å²) in [6, 6.07) is 4.44. The summed E-state index contributed by atoms with van der Waals surface area (Å²) < 4.78 is 0.836. The summed E-state index contributed by atoms with van der Waals surface area (Å²) in [6.45, 7) is 0. The van der Waals surface area contributed by atoms with Gasteiger partial charge in [-0.05, 0) is 47.3 Å². The predicted octanol–water partition coefficient (Wildman–Crippen LogP) is 4.72. The van der Waals surface area contributed by atoms with E-state index in [0.717, 1.165) is 10.2 Å². The molecule has 0 heterocycles. The molecule has 1 fully saturated rings. The van der Waals surface area contributed by atoms with Crippen LogP contribution in [0.2, 0.25) is 10.0 Å². The Morgan fingerprint density at radius 2 is 1.93 bits per heavy atom. The Morgan fingerprint density at radius 3 is 2.50 bits per heavy atom. The number of nitrogens with one attached hydrogen (secondary N) is 1. The van der Waals surface area contributed by atoms with E-state index in [4.69, 9.17) is 23.2 Å². The molecule has 1 saturated carbocycles. The molecule has 0 aliphatic heterocycles. The van der Waals surface area contributed by atoms with Crippen molar-refractivity contribution in [2.24, 2.45) is 0 Å². The van der Waals surface area contributed by atoms with Gasteiger partial charge in [0.2, 0.25) is 0 Å². The monoisotopic (exact) mass is 293 g/mol. The molecule has 1 nitrogen and oxygen atoms in total. The molecule has 0 saturated heterocycles. The van der Waals surface area contributed by atoms with Crippen LogP contribution in [0.5, 0.6) is 0 Å². The molecule has 0 unspecified atom stereocenters. The molecule has 76 valence electrons. The summed E-state index contributed by atoms with van der Waals surface area (Å²) >= 11 is 15.4. The highest BCUT2D eigenvalue weighted by Gasteiger charge is 2.18. The molecule has 1 aliphatic rings. The number of anilines is 1. The summed E-state index contributed by atoms with van der Waals surface area (Å²) in [4.78, 5) is 0. The van der Waals surface area contributed by atoms with E-state index in [9.17, 15) is 0 Å². The van der Waals surface area contributed by atoms with E-state index in [-0.39, 0.29) is 0 Å². The van der Waals surface area contributed by atoms with Crippen LogP contribution in [-0.2, 0) is 0 Å². The van der Waals surface area contributed by atoms with Crippen LogP contribution < -0.4 is 5.32 Å². The molecule has 1 N–H and O–H groups in total. The third kappa shape index (κ3) is 2.02. The molecule has 0 radical (unpaired) electrons. The Kier molecular flexibility index (Phi) is 3.25. The second-order valence-electron chi connectivity index (χ2n) is 3.50. The summed E-state index contributed by atoms with van der Waals surface area (Å²) in [5, 5.41) is 4.56. The van der Waals surface area contributed by atoms with Crippen molar-refractivity contribution in [2.75, 3.05) is 5.32 Å². The maximum absolute atomic E-state index is 6.10. The van der Waals surface area contributed by atoms with Crippen molar-refractivity contribution >= 4 is 44.8 Å². The minimum absolute atomic E-state index is 0.574. The van der Waals surface area contributed by atoms with Crippen molar-refractivity contribution in [1.82, 2.24) is 0 Å². The van der Waals surface area contributed by atoms with E-state index in [1.807, 2.05) is 12.1 Å². The normalized spacial score (nSPS) is 16.5. The molecule has 4 heteroatoms. The smallest absolute Gasteiger partial charge is 0.0835 e. The van der Waals surface area contributed by atoms with E-state index in [1.165, 1.54) is 19.3 Å². The second-order valence-corrected chi connectivity index (χ2v) is 5.11. The molecular formula is C10H10BrCl2N. The molecule has 0 amide bonds. The van der Waals surface area contributed by atoms with Crippen molar-refractivity contribution in [1.29, 1.82) is 0 Å². The summed E-state index contributed by atoms with van der Waals surface area (Å²) in [5.74, 6) is 0. The van der Waals surface area contributed by atoms with Crippen molar-refractivity contribution < 1.29 is 0 Å². The van der Waals surface area contributed by atoms with Gasteiger partial charge >= 0.3 is 0 Å². The molecule has 1 aromatic carbocycles. The first-order chi connectivity index (χ1) is 6.68. The Labute approximate surface area is 102 Å². The first kappa shape index (κ1) is 10.6. The van der Waals surface area contributed by atoms with Gasteiger partial charge in [-0.25, -0.2) is 0 Å². The van der Waals surface area contributed by atoms with Crippen LogP contribution in [0, 0.1) is 0 Å². The Balaban J connectivity index is 2.20. The predicted molar refractivity (Wildman–Crippen MR) is 65.4 cm³/mol. The first-order valence-corrected chi connectivity index (χ1v) is 6.13. The van der Waals surface area contributed by atoms with Crippen LogP contribution in [0.3, 0.4) is 0 Å². The van der Waals surface area contributed by atoms with Crippen LogP contribution in [-0.4, -0.2) is 6.04 Å². The van der Waals surface area contributed by atoms with Gasteiger partial charge in [0.05, 0.1) is 15.7 Å². The summed E-state index contributed by atoms with van der Waals surface area (Å²) in [5.41, 5.74) is 0.935. The third-order valence-electron chi connectivity index (χ3n) is 2.50. The maximum atomic E-state index is 6.10. The minimum Gasteiger partial charge on any atom is -0.381 e. The molecule has 14 heavy (non-hydrogen) atoms. The summed E-state index contributed by atoms with van der Waals surface area (Å²) in [7, 11) is 0. The van der Waals surface area contributed by atoms with Gasteiger partial charge in [-0.2, -0.15) is 0 Å². The van der Waals surface area contributed by atoms with E-state index in [2.05, 4.69) is 21.2 Å². The van der Waals surface area contributed by atoms with Crippen LogP contribution in [0.25, 0.3) is 0 Å². The Morgan fingerprint density at radius 1 is 1.21 bits per heavy atom. The minimum atomic E-state index is 0.574. The van der Waals surface area contributed by atoms with Gasteiger partial charge < -0.3 is 5.32 Å². The molecule has 0 aromatic heterocycles. The third-order valence-corrected chi connectivity index (χ3v) is 4.27. The van der Waals surface area contributed by atoms with Gasteiger partial charge in [0, 0.05) is 10.5 Å². The number of halogens is 3. The maximum Gasteiger partial charge on any atom is 0.0835 e. The SMILES string of the molecule is Clc1c(Br)ccc(NC2CCC2)c1Cl. The zero-order valence-corrected chi connectivity index (χ0v) is 10.6. The number of hydrogen-bond acceptors (Lipinski definition) is 1. The number of benzene rings is 1. The highest BCUT2D eigenvalue weighted by atomic mass is 79.9. The Bertz CT molecular complexity index is 350. The van der Waals surface area contributed by atoms with Crippen LogP contribution in [0.15, 0.2) is 16.6 Å². The highest BCUT2D eigenvalue weighted by Crippen LogP contribution is 2.37. The molecule has 2 rings (SSSR count). The largest absolute Gasteiger partial charge is 0.381 e. The van der Waals surface area contributed by atoms with Crippen LogP contribution in [0.4, 0.5) is 5.69 Å². The lowest BCUT2D eigenvalue weighted by Crippen LogP contribution is -2.27. The molecule has 0 bridgehead atoms. The zero-order valence-electron chi connectivity index (χ0n) is 7.49. The van der Waals surface area contributed by atoms with Gasteiger partial charge in [0.25, 0.3) is 0 Å². The van der Waals surface area contributed by atoms with Gasteiger partial charge in [-0.15, -0.1) is 0 Å². The quantitative estimate of drug-likeness (QED) is 0.778. The molecular weight excluding hydrogens is 285 g/mol. The first-order valence-electron chi connectivity index (χ1n) is 4.58. The topological polar surface area (TPSA) is 12.0 Å². The van der Waals surface area contributed by atoms with E-state index in [1.54, 1.807) is 0 Å². The van der Waals surface area contributed by atoms with E-state index in [0.29, 0.717) is 16.1 Å². The van der Waals surface area contributed by atoms with Gasteiger partial charge in [-0.1, -0.05) is 23.2 Å². The van der Waals surface area contributed by atoms with E-state index < -0.39 is 0 Å². The fraction of sp³-hybridized carbons (Fsp3) is 0.400. The van der Waals surface area contributed by atoms with Gasteiger partial charge in [-0.3, -0.25) is 0 Å². The fourth-order valence-electron chi connectivity index (χ4n) is 1.41. The molecule has 1 aliphatic carbocycles. The zero-order chi connectivity index (χ0) is 10.1. The molecule has 0 spiro atoms.